The molecule has 168 valence electrons. The fraction of sp³-hybridized carbons (Fsp3) is 0.522. The monoisotopic (exact) mass is 428 g/mol. The normalized spacial score (nSPS) is 14.4. The van der Waals surface area contributed by atoms with E-state index in [0.717, 1.165) is 24.5 Å². The molecular weight excluding hydrogens is 396 g/mol. The first kappa shape index (κ1) is 22.7. The number of aromatic nitrogens is 2. The number of piperazine rings is 1. The lowest BCUT2D eigenvalue weighted by atomic mass is 9.91. The molecular formula is C23H32N4O4. The van der Waals surface area contributed by atoms with Gasteiger partial charge in [0.15, 0.2) is 17.3 Å². The van der Waals surface area contributed by atoms with Gasteiger partial charge in [-0.05, 0) is 29.7 Å². The molecule has 8 nitrogen and oxygen atoms in total. The van der Waals surface area contributed by atoms with Crippen LogP contribution in [-0.2, 0) is 4.79 Å². The van der Waals surface area contributed by atoms with Gasteiger partial charge in [-0.3, -0.25) is 4.79 Å². The zero-order chi connectivity index (χ0) is 22.6. The molecule has 1 aromatic carbocycles. The third-order valence-corrected chi connectivity index (χ3v) is 5.25. The van der Waals surface area contributed by atoms with Gasteiger partial charge in [0.05, 0.1) is 27.0 Å². The van der Waals surface area contributed by atoms with Crippen molar-refractivity contribution in [3.8, 4) is 28.5 Å². The van der Waals surface area contributed by atoms with Gasteiger partial charge in [0, 0.05) is 38.2 Å². The molecule has 1 aliphatic rings. The molecule has 0 radical (unpaired) electrons. The second kappa shape index (κ2) is 9.41. The Morgan fingerprint density at radius 3 is 2.00 bits per heavy atom. The Morgan fingerprint density at radius 2 is 1.55 bits per heavy atom. The van der Waals surface area contributed by atoms with Gasteiger partial charge in [0.25, 0.3) is 0 Å². The highest BCUT2D eigenvalue weighted by atomic mass is 16.5. The molecule has 3 rings (SSSR count). The lowest BCUT2D eigenvalue weighted by Gasteiger charge is -2.36. The Kier molecular flexibility index (Phi) is 6.87. The van der Waals surface area contributed by atoms with E-state index >= 15 is 0 Å². The summed E-state index contributed by atoms with van der Waals surface area (Å²) in [5, 5.41) is 8.83. The highest BCUT2D eigenvalue weighted by Crippen LogP contribution is 2.40. The highest BCUT2D eigenvalue weighted by molar-refractivity contribution is 5.77. The first-order chi connectivity index (χ1) is 14.8. The lowest BCUT2D eigenvalue weighted by molar-refractivity contribution is -0.133. The fourth-order valence-corrected chi connectivity index (χ4v) is 3.63. The van der Waals surface area contributed by atoms with Crippen LogP contribution < -0.4 is 19.1 Å². The zero-order valence-electron chi connectivity index (χ0n) is 19.3. The van der Waals surface area contributed by atoms with E-state index in [-0.39, 0.29) is 11.3 Å². The number of anilines is 1. The minimum absolute atomic E-state index is 0.00232. The van der Waals surface area contributed by atoms with E-state index in [2.05, 4.69) is 35.9 Å². The van der Waals surface area contributed by atoms with Crippen molar-refractivity contribution < 1.29 is 19.0 Å². The number of carbonyl (C=O) groups excluding carboxylic acids is 1. The van der Waals surface area contributed by atoms with Crippen molar-refractivity contribution in [1.82, 2.24) is 15.1 Å². The molecule has 1 fully saturated rings. The SMILES string of the molecule is COc1cc(-c2ccc(N3CCN(C(=O)CC(C)(C)C)CC3)nn2)cc(OC)c1OC. The molecule has 1 aromatic heterocycles. The topological polar surface area (TPSA) is 77.0 Å². The van der Waals surface area contributed by atoms with E-state index in [4.69, 9.17) is 14.2 Å². The average Bonchev–Trinajstić information content (AvgIpc) is 2.77. The van der Waals surface area contributed by atoms with Crippen LogP contribution in [0.1, 0.15) is 27.2 Å². The summed E-state index contributed by atoms with van der Waals surface area (Å²) in [6.07, 6.45) is 0.566. The van der Waals surface area contributed by atoms with Gasteiger partial charge in [-0.15, -0.1) is 10.2 Å². The number of carbonyl (C=O) groups is 1. The van der Waals surface area contributed by atoms with Crippen LogP contribution >= 0.6 is 0 Å². The summed E-state index contributed by atoms with van der Waals surface area (Å²) in [5.74, 6) is 2.70. The second-order valence-electron chi connectivity index (χ2n) is 8.80. The predicted molar refractivity (Wildman–Crippen MR) is 120 cm³/mol. The molecule has 0 saturated carbocycles. The summed E-state index contributed by atoms with van der Waals surface area (Å²) in [5.41, 5.74) is 1.54. The average molecular weight is 429 g/mol. The van der Waals surface area contributed by atoms with E-state index in [1.165, 1.54) is 0 Å². The molecule has 1 amide bonds. The first-order valence-corrected chi connectivity index (χ1v) is 10.4. The predicted octanol–water partition coefficient (Wildman–Crippen LogP) is 3.25. The standard InChI is InChI=1S/C23H32N4O4/c1-23(2,3)15-21(28)27-11-9-26(10-12-27)20-8-7-17(24-25-20)16-13-18(29-4)22(31-6)19(14-16)30-5/h7-8,13-14H,9-12,15H2,1-6H3. The van der Waals surface area contributed by atoms with Gasteiger partial charge in [-0.2, -0.15) is 0 Å². The van der Waals surface area contributed by atoms with Crippen molar-refractivity contribution in [2.24, 2.45) is 5.41 Å². The van der Waals surface area contributed by atoms with Gasteiger partial charge in [-0.25, -0.2) is 0 Å². The van der Waals surface area contributed by atoms with Crippen LogP contribution in [-0.4, -0.2) is 68.5 Å². The minimum Gasteiger partial charge on any atom is -0.493 e. The zero-order valence-corrected chi connectivity index (χ0v) is 19.3. The van der Waals surface area contributed by atoms with Crippen LogP contribution in [0.2, 0.25) is 0 Å². The maximum Gasteiger partial charge on any atom is 0.223 e. The van der Waals surface area contributed by atoms with Gasteiger partial charge in [0.2, 0.25) is 11.7 Å². The Hall–Kier alpha value is -3.03. The molecule has 2 heterocycles. The Labute approximate surface area is 184 Å². The summed E-state index contributed by atoms with van der Waals surface area (Å²) < 4.78 is 16.2. The number of rotatable bonds is 6. The molecule has 0 atom stereocenters. The molecule has 8 heteroatoms. The second-order valence-corrected chi connectivity index (χ2v) is 8.80. The summed E-state index contributed by atoms with van der Waals surface area (Å²) >= 11 is 0. The van der Waals surface area contributed by atoms with Crippen LogP contribution in [0.5, 0.6) is 17.2 Å². The summed E-state index contributed by atoms with van der Waals surface area (Å²) in [7, 11) is 4.74. The maximum atomic E-state index is 12.5. The maximum absolute atomic E-state index is 12.5. The van der Waals surface area contributed by atoms with Crippen LogP contribution in [0.4, 0.5) is 5.82 Å². The molecule has 0 N–H and O–H groups in total. The number of methoxy groups -OCH3 is 3. The highest BCUT2D eigenvalue weighted by Gasteiger charge is 2.25. The summed E-state index contributed by atoms with van der Waals surface area (Å²) in [6.45, 7) is 9.16. The molecule has 1 saturated heterocycles. The third-order valence-electron chi connectivity index (χ3n) is 5.25. The number of amides is 1. The van der Waals surface area contributed by atoms with Crippen LogP contribution in [0, 0.1) is 5.41 Å². The first-order valence-electron chi connectivity index (χ1n) is 10.4. The van der Waals surface area contributed by atoms with Gasteiger partial charge in [-0.1, -0.05) is 20.8 Å². The largest absolute Gasteiger partial charge is 0.493 e. The van der Waals surface area contributed by atoms with E-state index in [1.807, 2.05) is 29.2 Å². The molecule has 2 aromatic rings. The van der Waals surface area contributed by atoms with Crippen LogP contribution in [0.25, 0.3) is 11.3 Å². The van der Waals surface area contributed by atoms with Crippen LogP contribution in [0.15, 0.2) is 24.3 Å². The number of hydrogen-bond donors (Lipinski definition) is 0. The summed E-state index contributed by atoms with van der Waals surface area (Å²) in [4.78, 5) is 16.6. The van der Waals surface area contributed by atoms with Gasteiger partial charge in [0.1, 0.15) is 0 Å². The molecule has 0 unspecified atom stereocenters. The lowest BCUT2D eigenvalue weighted by Crippen LogP contribution is -2.49. The quantitative estimate of drug-likeness (QED) is 0.699. The van der Waals surface area contributed by atoms with Crippen LogP contribution in [0.3, 0.4) is 0 Å². The van der Waals surface area contributed by atoms with E-state index < -0.39 is 0 Å². The van der Waals surface area contributed by atoms with Gasteiger partial charge >= 0.3 is 0 Å². The van der Waals surface area contributed by atoms with Crippen molar-refractivity contribution in [2.75, 3.05) is 52.4 Å². The van der Waals surface area contributed by atoms with Crippen molar-refractivity contribution >= 4 is 11.7 Å². The van der Waals surface area contributed by atoms with Crippen molar-refractivity contribution in [3.05, 3.63) is 24.3 Å². The number of benzene rings is 1. The van der Waals surface area contributed by atoms with Crippen molar-refractivity contribution in [1.29, 1.82) is 0 Å². The Balaban J connectivity index is 1.70. The van der Waals surface area contributed by atoms with Gasteiger partial charge < -0.3 is 24.0 Å². The van der Waals surface area contributed by atoms with E-state index in [1.54, 1.807) is 21.3 Å². The minimum atomic E-state index is 0.00232. The summed E-state index contributed by atoms with van der Waals surface area (Å²) in [6, 6.07) is 7.59. The Bertz CT molecular complexity index is 876. The molecule has 0 aliphatic carbocycles. The van der Waals surface area contributed by atoms with Crippen molar-refractivity contribution in [2.45, 2.75) is 27.2 Å². The number of hydrogen-bond acceptors (Lipinski definition) is 7. The fourth-order valence-electron chi connectivity index (χ4n) is 3.63. The third kappa shape index (κ3) is 5.37. The smallest absolute Gasteiger partial charge is 0.223 e. The molecule has 0 spiro atoms. The van der Waals surface area contributed by atoms with E-state index in [0.29, 0.717) is 42.5 Å². The molecule has 31 heavy (non-hydrogen) atoms. The molecule has 1 aliphatic heterocycles. The number of nitrogens with zero attached hydrogens (tertiary/aromatic N) is 4. The Morgan fingerprint density at radius 1 is 0.935 bits per heavy atom. The number of ether oxygens (including phenoxy) is 3. The van der Waals surface area contributed by atoms with Crippen molar-refractivity contribution in [3.63, 3.8) is 0 Å². The van der Waals surface area contributed by atoms with E-state index in [9.17, 15) is 4.79 Å². The molecule has 0 bridgehead atoms.